The Morgan fingerprint density at radius 2 is 2.04 bits per heavy atom. The van der Waals surface area contributed by atoms with Gasteiger partial charge in [0.2, 0.25) is 0 Å². The summed E-state index contributed by atoms with van der Waals surface area (Å²) in [5, 5.41) is 0. The molecule has 2 rings (SSSR count). The first-order valence-corrected chi connectivity index (χ1v) is 7.61. The molecule has 0 saturated carbocycles. The monoisotopic (exact) mass is 346 g/mol. The fraction of sp³-hybridized carbons (Fsp3) is 0.562. The number of nitrogens with two attached hydrogens (primary N) is 1. The maximum absolute atomic E-state index is 13.1. The minimum absolute atomic E-state index is 0.128. The first-order valence-electron chi connectivity index (χ1n) is 7.61. The van der Waals surface area contributed by atoms with Gasteiger partial charge in [0.05, 0.1) is 7.11 Å². The molecule has 8 heteroatoms. The molecule has 134 valence electrons. The topological polar surface area (TPSA) is 64.8 Å². The number of rotatable bonds is 4. The number of ether oxygens (including phenoxy) is 2. The van der Waals surface area contributed by atoms with E-state index in [0.717, 1.165) is 10.5 Å². The van der Waals surface area contributed by atoms with Crippen LogP contribution in [0.1, 0.15) is 18.4 Å². The van der Waals surface area contributed by atoms with Crippen molar-refractivity contribution in [1.82, 2.24) is 4.90 Å². The molecule has 5 nitrogen and oxygen atoms in total. The molecule has 2 unspecified atom stereocenters. The second kappa shape index (κ2) is 7.29. The second-order valence-corrected chi connectivity index (χ2v) is 5.88. The molecule has 0 spiro atoms. The van der Waals surface area contributed by atoms with Crippen LogP contribution >= 0.6 is 0 Å². The standard InChI is InChI=1S/C16H21F3N2O3/c1-10-3-5-12(13(7-10)23-2)24-9-15(22)21-8-11(20)4-6-14(21)16(17,18)19/h3,5,7,11,14H,4,6,8-9,20H2,1-2H3. The van der Waals surface area contributed by atoms with Crippen LogP contribution in [-0.2, 0) is 4.79 Å². The Kier molecular flexibility index (Phi) is 5.58. The molecule has 1 aliphatic heterocycles. The minimum Gasteiger partial charge on any atom is -0.493 e. The van der Waals surface area contributed by atoms with Gasteiger partial charge in [0.15, 0.2) is 18.1 Å². The summed E-state index contributed by atoms with van der Waals surface area (Å²) < 4.78 is 49.8. The Morgan fingerprint density at radius 3 is 2.67 bits per heavy atom. The normalized spacial score (nSPS) is 21.5. The van der Waals surface area contributed by atoms with E-state index in [1.807, 2.05) is 6.92 Å². The van der Waals surface area contributed by atoms with Crippen molar-refractivity contribution in [2.24, 2.45) is 5.73 Å². The summed E-state index contributed by atoms with van der Waals surface area (Å²) in [7, 11) is 1.45. The predicted octanol–water partition coefficient (Wildman–Crippen LogP) is 2.26. The number of aryl methyl sites for hydroxylation is 1. The van der Waals surface area contributed by atoms with Crippen LogP contribution in [0.4, 0.5) is 13.2 Å². The lowest BCUT2D eigenvalue weighted by Gasteiger charge is -2.39. The number of hydrogen-bond donors (Lipinski definition) is 1. The maximum Gasteiger partial charge on any atom is 0.408 e. The molecule has 1 aliphatic rings. The zero-order valence-electron chi connectivity index (χ0n) is 13.6. The molecule has 0 radical (unpaired) electrons. The molecular weight excluding hydrogens is 325 g/mol. The third-order valence-electron chi connectivity index (χ3n) is 3.99. The van der Waals surface area contributed by atoms with E-state index in [2.05, 4.69) is 0 Å². The van der Waals surface area contributed by atoms with Gasteiger partial charge in [-0.2, -0.15) is 13.2 Å². The summed E-state index contributed by atoms with van der Waals surface area (Å²) in [6.07, 6.45) is -4.43. The molecule has 1 fully saturated rings. The number of halogens is 3. The van der Waals surface area contributed by atoms with Crippen LogP contribution in [0.25, 0.3) is 0 Å². The summed E-state index contributed by atoms with van der Waals surface area (Å²) in [5.74, 6) is -0.0121. The van der Waals surface area contributed by atoms with Crippen molar-refractivity contribution in [3.05, 3.63) is 23.8 Å². The van der Waals surface area contributed by atoms with Crippen molar-refractivity contribution < 1.29 is 27.4 Å². The highest BCUT2D eigenvalue weighted by atomic mass is 19.4. The lowest BCUT2D eigenvalue weighted by Crippen LogP contribution is -2.57. The van der Waals surface area contributed by atoms with Gasteiger partial charge < -0.3 is 20.1 Å². The third kappa shape index (κ3) is 4.31. The molecule has 1 aromatic rings. The number of piperidine rings is 1. The quantitative estimate of drug-likeness (QED) is 0.908. The molecule has 1 heterocycles. The molecular formula is C16H21F3N2O3. The Morgan fingerprint density at radius 1 is 1.33 bits per heavy atom. The molecule has 1 amide bonds. The molecule has 0 aromatic heterocycles. The lowest BCUT2D eigenvalue weighted by molar-refractivity contribution is -0.197. The summed E-state index contributed by atoms with van der Waals surface area (Å²) in [5.41, 5.74) is 6.65. The number of likely N-dealkylation sites (tertiary alicyclic amines) is 1. The van der Waals surface area contributed by atoms with Crippen molar-refractivity contribution >= 4 is 5.91 Å². The van der Waals surface area contributed by atoms with Gasteiger partial charge in [-0.3, -0.25) is 4.79 Å². The lowest BCUT2D eigenvalue weighted by atomic mass is 9.98. The van der Waals surface area contributed by atoms with Gasteiger partial charge in [-0.1, -0.05) is 6.07 Å². The van der Waals surface area contributed by atoms with Crippen LogP contribution in [0.3, 0.4) is 0 Å². The van der Waals surface area contributed by atoms with E-state index in [0.29, 0.717) is 11.5 Å². The summed E-state index contributed by atoms with van der Waals surface area (Å²) >= 11 is 0. The largest absolute Gasteiger partial charge is 0.493 e. The average molecular weight is 346 g/mol. The van der Waals surface area contributed by atoms with Crippen molar-refractivity contribution in [1.29, 1.82) is 0 Å². The highest BCUT2D eigenvalue weighted by Gasteiger charge is 2.47. The number of benzene rings is 1. The molecule has 0 bridgehead atoms. The van der Waals surface area contributed by atoms with E-state index in [-0.39, 0.29) is 19.4 Å². The number of amides is 1. The molecule has 1 saturated heterocycles. The Labute approximate surface area is 138 Å². The van der Waals surface area contributed by atoms with Crippen LogP contribution in [0.2, 0.25) is 0 Å². The number of methoxy groups -OCH3 is 1. The highest BCUT2D eigenvalue weighted by Crippen LogP contribution is 2.32. The SMILES string of the molecule is COc1cc(C)ccc1OCC(=O)N1CC(N)CCC1C(F)(F)F. The van der Waals surface area contributed by atoms with Crippen molar-refractivity contribution in [3.8, 4) is 11.5 Å². The fourth-order valence-corrected chi connectivity index (χ4v) is 2.73. The minimum atomic E-state index is -4.47. The van der Waals surface area contributed by atoms with E-state index in [4.69, 9.17) is 15.2 Å². The van der Waals surface area contributed by atoms with E-state index in [1.165, 1.54) is 7.11 Å². The van der Waals surface area contributed by atoms with E-state index < -0.39 is 30.8 Å². The van der Waals surface area contributed by atoms with Gasteiger partial charge in [0, 0.05) is 12.6 Å². The molecule has 24 heavy (non-hydrogen) atoms. The van der Waals surface area contributed by atoms with Gasteiger partial charge in [-0.15, -0.1) is 0 Å². The predicted molar refractivity (Wildman–Crippen MR) is 82.0 cm³/mol. The molecule has 2 N–H and O–H groups in total. The van der Waals surface area contributed by atoms with Gasteiger partial charge >= 0.3 is 6.18 Å². The van der Waals surface area contributed by atoms with Crippen molar-refractivity contribution in [3.63, 3.8) is 0 Å². The zero-order chi connectivity index (χ0) is 17.9. The highest BCUT2D eigenvalue weighted by molar-refractivity contribution is 5.78. The first-order chi connectivity index (χ1) is 11.2. The molecule has 2 atom stereocenters. The Bertz CT molecular complexity index is 592. The van der Waals surface area contributed by atoms with Crippen LogP contribution in [-0.4, -0.2) is 49.3 Å². The first kappa shape index (κ1) is 18.4. The van der Waals surface area contributed by atoms with Crippen LogP contribution < -0.4 is 15.2 Å². The summed E-state index contributed by atoms with van der Waals surface area (Å²) in [4.78, 5) is 13.0. The van der Waals surface area contributed by atoms with Crippen LogP contribution in [0, 0.1) is 6.92 Å². The Balaban J connectivity index is 2.07. The van der Waals surface area contributed by atoms with Crippen LogP contribution in [0.5, 0.6) is 11.5 Å². The fourth-order valence-electron chi connectivity index (χ4n) is 2.73. The molecule has 1 aromatic carbocycles. The van der Waals surface area contributed by atoms with Crippen LogP contribution in [0.15, 0.2) is 18.2 Å². The molecule has 0 aliphatic carbocycles. The van der Waals surface area contributed by atoms with E-state index in [1.54, 1.807) is 18.2 Å². The third-order valence-corrected chi connectivity index (χ3v) is 3.99. The summed E-state index contributed by atoms with van der Waals surface area (Å²) in [6, 6.07) is 2.83. The number of carbonyl (C=O) groups is 1. The zero-order valence-corrected chi connectivity index (χ0v) is 13.6. The number of hydrogen-bond acceptors (Lipinski definition) is 4. The van der Waals surface area contributed by atoms with Crippen molar-refractivity contribution in [2.75, 3.05) is 20.3 Å². The van der Waals surface area contributed by atoms with E-state index in [9.17, 15) is 18.0 Å². The smallest absolute Gasteiger partial charge is 0.408 e. The van der Waals surface area contributed by atoms with Gasteiger partial charge in [0.1, 0.15) is 6.04 Å². The van der Waals surface area contributed by atoms with Gasteiger partial charge in [-0.05, 0) is 37.5 Å². The Hall–Kier alpha value is -1.96. The number of carbonyl (C=O) groups excluding carboxylic acids is 1. The van der Waals surface area contributed by atoms with Gasteiger partial charge in [0.25, 0.3) is 5.91 Å². The average Bonchev–Trinajstić information content (AvgIpc) is 2.51. The number of nitrogens with zero attached hydrogens (tertiary/aromatic N) is 1. The van der Waals surface area contributed by atoms with Gasteiger partial charge in [-0.25, -0.2) is 0 Å². The van der Waals surface area contributed by atoms with Crippen molar-refractivity contribution in [2.45, 2.75) is 38.0 Å². The van der Waals surface area contributed by atoms with E-state index >= 15 is 0 Å². The summed E-state index contributed by atoms with van der Waals surface area (Å²) in [6.45, 7) is 1.23. The number of alkyl halides is 3. The second-order valence-electron chi connectivity index (χ2n) is 5.88. The maximum atomic E-state index is 13.1.